The van der Waals surface area contributed by atoms with E-state index in [1.165, 1.54) is 0 Å². The third kappa shape index (κ3) is 5.53. The number of aliphatic hydroxyl groups excluding tert-OH is 1. The van der Waals surface area contributed by atoms with E-state index >= 15 is 0 Å². The lowest BCUT2D eigenvalue weighted by Crippen LogP contribution is -2.46. The van der Waals surface area contributed by atoms with E-state index in [0.717, 1.165) is 42.9 Å². The van der Waals surface area contributed by atoms with E-state index in [9.17, 15) is 0 Å². The number of morpholine rings is 1. The van der Waals surface area contributed by atoms with Gasteiger partial charge in [-0.3, -0.25) is 0 Å². The molecule has 0 radical (unpaired) electrons. The second kappa shape index (κ2) is 7.81. The summed E-state index contributed by atoms with van der Waals surface area (Å²) in [5.41, 5.74) is 15.0. The lowest BCUT2D eigenvalue weighted by atomic mass is 10.0. The van der Waals surface area contributed by atoms with Crippen LogP contribution in [0.3, 0.4) is 0 Å². The Labute approximate surface area is 138 Å². The molecule has 1 heterocycles. The summed E-state index contributed by atoms with van der Waals surface area (Å²) < 4.78 is 5.71. The van der Waals surface area contributed by atoms with Gasteiger partial charge in [-0.25, -0.2) is 0 Å². The molecule has 5 N–H and O–H groups in total. The Kier molecular flexibility index (Phi) is 6.04. The van der Waals surface area contributed by atoms with Gasteiger partial charge in [-0.2, -0.15) is 0 Å². The van der Waals surface area contributed by atoms with Gasteiger partial charge < -0.3 is 26.2 Å². The van der Waals surface area contributed by atoms with Crippen molar-refractivity contribution >= 4 is 5.70 Å². The highest BCUT2D eigenvalue weighted by Gasteiger charge is 2.25. The van der Waals surface area contributed by atoms with Crippen LogP contribution in [0.15, 0.2) is 30.5 Å². The molecule has 5 nitrogen and oxygen atoms in total. The van der Waals surface area contributed by atoms with E-state index < -0.39 is 0 Å². The highest BCUT2D eigenvalue weighted by molar-refractivity contribution is 5.62. The largest absolute Gasteiger partial charge is 0.397 e. The maximum Gasteiger partial charge on any atom is 0.0801 e. The molecule has 1 fully saturated rings. The quantitative estimate of drug-likeness (QED) is 0.736. The molecule has 1 aliphatic heterocycles. The Morgan fingerprint density at radius 2 is 2.09 bits per heavy atom. The van der Waals surface area contributed by atoms with Crippen LogP contribution >= 0.6 is 0 Å². The molecule has 5 heteroatoms. The van der Waals surface area contributed by atoms with E-state index in [2.05, 4.69) is 30.9 Å². The SMILES string of the molecule is CC1(C)CN(/C=C(\N)c2ccc(CC(N)CCO)cc2)CCO1. The van der Waals surface area contributed by atoms with Crippen molar-refractivity contribution in [2.45, 2.75) is 38.3 Å². The van der Waals surface area contributed by atoms with Crippen LogP contribution in [0.5, 0.6) is 0 Å². The average Bonchev–Trinajstić information content (AvgIpc) is 2.47. The summed E-state index contributed by atoms with van der Waals surface area (Å²) in [6, 6.07) is 8.15. The predicted octanol–water partition coefficient (Wildman–Crippen LogP) is 1.31. The summed E-state index contributed by atoms with van der Waals surface area (Å²) in [5.74, 6) is 0. The number of benzene rings is 1. The van der Waals surface area contributed by atoms with Crippen LogP contribution in [0.4, 0.5) is 0 Å². The van der Waals surface area contributed by atoms with Gasteiger partial charge in [-0.05, 0) is 37.8 Å². The molecule has 1 saturated heterocycles. The first kappa shape index (κ1) is 17.8. The monoisotopic (exact) mass is 319 g/mol. The van der Waals surface area contributed by atoms with Gasteiger partial charge in [0.15, 0.2) is 0 Å². The number of ether oxygens (including phenoxy) is 1. The summed E-state index contributed by atoms with van der Waals surface area (Å²) in [6.45, 7) is 6.73. The minimum absolute atomic E-state index is 0.00526. The van der Waals surface area contributed by atoms with E-state index in [1.54, 1.807) is 0 Å². The lowest BCUT2D eigenvalue weighted by Gasteiger charge is -2.37. The fourth-order valence-electron chi connectivity index (χ4n) is 2.84. The van der Waals surface area contributed by atoms with Gasteiger partial charge in [0.2, 0.25) is 0 Å². The summed E-state index contributed by atoms with van der Waals surface area (Å²) in [5, 5.41) is 8.91. The zero-order valence-corrected chi connectivity index (χ0v) is 14.2. The van der Waals surface area contributed by atoms with Crippen molar-refractivity contribution in [3.05, 3.63) is 41.6 Å². The van der Waals surface area contributed by atoms with Gasteiger partial charge in [0.05, 0.1) is 17.9 Å². The Morgan fingerprint density at radius 3 is 2.70 bits per heavy atom. The molecule has 0 aromatic heterocycles. The van der Waals surface area contributed by atoms with Crippen molar-refractivity contribution in [2.75, 3.05) is 26.3 Å². The number of hydrogen-bond donors (Lipinski definition) is 3. The average molecular weight is 319 g/mol. The minimum atomic E-state index is -0.137. The topological polar surface area (TPSA) is 84.7 Å². The standard InChI is InChI=1S/C18H29N3O2/c1-18(2)13-21(8-10-23-18)12-17(20)15-5-3-14(4-6-15)11-16(19)7-9-22/h3-6,12,16,22H,7-11,13,19-20H2,1-2H3/b17-12-. The third-order valence-corrected chi connectivity index (χ3v) is 4.06. The van der Waals surface area contributed by atoms with Crippen LogP contribution in [0.25, 0.3) is 5.70 Å². The Hall–Kier alpha value is -1.56. The molecular formula is C18H29N3O2. The molecule has 1 aromatic rings. The normalized spacial score (nSPS) is 19.7. The van der Waals surface area contributed by atoms with Crippen LogP contribution < -0.4 is 11.5 Å². The molecule has 0 aliphatic carbocycles. The van der Waals surface area contributed by atoms with Crippen LogP contribution in [0, 0.1) is 0 Å². The smallest absolute Gasteiger partial charge is 0.0801 e. The first-order valence-electron chi connectivity index (χ1n) is 8.21. The number of hydrogen-bond acceptors (Lipinski definition) is 5. The maximum atomic E-state index is 8.91. The van der Waals surface area contributed by atoms with E-state index in [-0.39, 0.29) is 18.2 Å². The molecule has 128 valence electrons. The molecule has 1 atom stereocenters. The van der Waals surface area contributed by atoms with Crippen molar-refractivity contribution in [1.82, 2.24) is 4.90 Å². The highest BCUT2D eigenvalue weighted by atomic mass is 16.5. The summed E-state index contributed by atoms with van der Waals surface area (Å²) in [7, 11) is 0. The Bertz CT molecular complexity index is 526. The second-order valence-corrected chi connectivity index (χ2v) is 6.84. The molecule has 1 unspecified atom stereocenters. The molecule has 1 aromatic carbocycles. The van der Waals surface area contributed by atoms with Gasteiger partial charge in [0.1, 0.15) is 0 Å². The van der Waals surface area contributed by atoms with E-state index in [4.69, 9.17) is 21.3 Å². The van der Waals surface area contributed by atoms with Crippen molar-refractivity contribution in [3.8, 4) is 0 Å². The molecule has 0 saturated carbocycles. The first-order valence-corrected chi connectivity index (χ1v) is 8.21. The van der Waals surface area contributed by atoms with Gasteiger partial charge >= 0.3 is 0 Å². The van der Waals surface area contributed by atoms with Crippen LogP contribution in [0.1, 0.15) is 31.4 Å². The second-order valence-electron chi connectivity index (χ2n) is 6.84. The lowest BCUT2D eigenvalue weighted by molar-refractivity contribution is -0.0732. The highest BCUT2D eigenvalue weighted by Crippen LogP contribution is 2.19. The molecular weight excluding hydrogens is 290 g/mol. The van der Waals surface area contributed by atoms with Gasteiger partial charge in [0, 0.05) is 31.9 Å². The molecule has 1 aliphatic rings. The van der Waals surface area contributed by atoms with Gasteiger partial charge in [-0.1, -0.05) is 24.3 Å². The van der Waals surface area contributed by atoms with Crippen LogP contribution in [-0.2, 0) is 11.2 Å². The van der Waals surface area contributed by atoms with E-state index in [1.807, 2.05) is 18.3 Å². The summed E-state index contributed by atoms with van der Waals surface area (Å²) in [6.07, 6.45) is 3.40. The molecule has 0 spiro atoms. The number of nitrogens with zero attached hydrogens (tertiary/aromatic N) is 1. The zero-order valence-electron chi connectivity index (χ0n) is 14.2. The van der Waals surface area contributed by atoms with Crippen molar-refractivity contribution in [1.29, 1.82) is 0 Å². The number of rotatable bonds is 6. The minimum Gasteiger partial charge on any atom is -0.397 e. The molecule has 23 heavy (non-hydrogen) atoms. The van der Waals surface area contributed by atoms with Gasteiger partial charge in [0.25, 0.3) is 0 Å². The zero-order chi connectivity index (χ0) is 16.9. The molecule has 0 amide bonds. The van der Waals surface area contributed by atoms with Crippen molar-refractivity contribution in [3.63, 3.8) is 0 Å². The molecule has 0 bridgehead atoms. The Balaban J connectivity index is 1.99. The van der Waals surface area contributed by atoms with E-state index in [0.29, 0.717) is 6.42 Å². The molecule has 2 rings (SSSR count). The first-order chi connectivity index (χ1) is 10.9. The third-order valence-electron chi connectivity index (χ3n) is 4.06. The predicted molar refractivity (Wildman–Crippen MR) is 93.6 cm³/mol. The summed E-state index contributed by atoms with van der Waals surface area (Å²) >= 11 is 0. The van der Waals surface area contributed by atoms with Crippen molar-refractivity contribution < 1.29 is 9.84 Å². The van der Waals surface area contributed by atoms with Crippen LogP contribution in [0.2, 0.25) is 0 Å². The number of nitrogens with two attached hydrogens (primary N) is 2. The maximum absolute atomic E-state index is 8.91. The fraction of sp³-hybridized carbons (Fsp3) is 0.556. The summed E-state index contributed by atoms with van der Waals surface area (Å²) in [4.78, 5) is 2.21. The van der Waals surface area contributed by atoms with Crippen LogP contribution in [-0.4, -0.2) is 48.0 Å². The fourth-order valence-corrected chi connectivity index (χ4v) is 2.84. The number of aliphatic hydroxyl groups is 1. The Morgan fingerprint density at radius 1 is 1.39 bits per heavy atom. The van der Waals surface area contributed by atoms with Crippen molar-refractivity contribution in [2.24, 2.45) is 11.5 Å². The van der Waals surface area contributed by atoms with Gasteiger partial charge in [-0.15, -0.1) is 0 Å².